The zero-order valence-electron chi connectivity index (χ0n) is 10.8. The van der Waals surface area contributed by atoms with Crippen molar-refractivity contribution in [3.8, 4) is 5.88 Å². The van der Waals surface area contributed by atoms with Gasteiger partial charge in [-0.25, -0.2) is 4.98 Å². The number of nitrogens with zero attached hydrogens (tertiary/aromatic N) is 3. The smallest absolute Gasteiger partial charge is 0.304 e. The number of hydrogen-bond acceptors (Lipinski definition) is 5. The van der Waals surface area contributed by atoms with E-state index in [0.29, 0.717) is 11.4 Å². The molecule has 1 unspecified atom stereocenters. The summed E-state index contributed by atoms with van der Waals surface area (Å²) in [6.45, 7) is 0.248. The number of ether oxygens (including phenoxy) is 1. The Labute approximate surface area is 110 Å². The first-order valence-electron chi connectivity index (χ1n) is 5.84. The number of hydrogen-bond donors (Lipinski definition) is 2. The van der Waals surface area contributed by atoms with Crippen molar-refractivity contribution in [1.29, 1.82) is 0 Å². The molecular formula is C12H16N4O3. The molecule has 7 heteroatoms. The largest absolute Gasteiger partial charge is 0.481 e. The number of aryl methyl sites for hydroxylation is 1. The van der Waals surface area contributed by atoms with Gasteiger partial charge in [0.1, 0.15) is 11.8 Å². The molecule has 0 saturated heterocycles. The third-order valence-corrected chi connectivity index (χ3v) is 3.09. The number of carboxylic acids is 1. The van der Waals surface area contributed by atoms with Crippen LogP contribution in [-0.2, 0) is 11.8 Å². The summed E-state index contributed by atoms with van der Waals surface area (Å²) in [7, 11) is 3.37. The maximum Gasteiger partial charge on any atom is 0.304 e. The van der Waals surface area contributed by atoms with Crippen LogP contribution < -0.4 is 10.5 Å². The Bertz CT molecular complexity index is 608. The predicted molar refractivity (Wildman–Crippen MR) is 69.1 cm³/mol. The third-order valence-electron chi connectivity index (χ3n) is 3.09. The van der Waals surface area contributed by atoms with Crippen LogP contribution >= 0.6 is 0 Å². The Morgan fingerprint density at radius 1 is 1.58 bits per heavy atom. The van der Waals surface area contributed by atoms with Crippen molar-refractivity contribution in [3.63, 3.8) is 0 Å². The van der Waals surface area contributed by atoms with Crippen LogP contribution in [0.4, 0.5) is 0 Å². The van der Waals surface area contributed by atoms with Gasteiger partial charge in [0, 0.05) is 24.7 Å². The van der Waals surface area contributed by atoms with Crippen molar-refractivity contribution in [1.82, 2.24) is 14.5 Å². The second-order valence-electron chi connectivity index (χ2n) is 4.31. The predicted octanol–water partition coefficient (Wildman–Crippen LogP) is 0.494. The summed E-state index contributed by atoms with van der Waals surface area (Å²) < 4.78 is 7.02. The Morgan fingerprint density at radius 3 is 2.89 bits per heavy atom. The van der Waals surface area contributed by atoms with Gasteiger partial charge in [-0.3, -0.25) is 4.79 Å². The average molecular weight is 264 g/mol. The number of carbonyl (C=O) groups is 1. The number of fused-ring (bicyclic) bond motifs is 1. The quantitative estimate of drug-likeness (QED) is 0.814. The highest BCUT2D eigenvalue weighted by Gasteiger charge is 2.21. The van der Waals surface area contributed by atoms with E-state index in [4.69, 9.17) is 15.6 Å². The summed E-state index contributed by atoms with van der Waals surface area (Å²) in [6, 6.07) is 0. The van der Waals surface area contributed by atoms with E-state index in [1.165, 1.54) is 13.4 Å². The van der Waals surface area contributed by atoms with Gasteiger partial charge in [-0.1, -0.05) is 0 Å². The fourth-order valence-corrected chi connectivity index (χ4v) is 2.21. The monoisotopic (exact) mass is 264 g/mol. The molecule has 0 bridgehead atoms. The summed E-state index contributed by atoms with van der Waals surface area (Å²) in [6.07, 6.45) is 3.21. The molecule has 2 rings (SSSR count). The highest BCUT2D eigenvalue weighted by Crippen LogP contribution is 2.31. The molecule has 7 nitrogen and oxygen atoms in total. The van der Waals surface area contributed by atoms with Crippen LogP contribution in [0.15, 0.2) is 12.5 Å². The number of methoxy groups -OCH3 is 1. The first-order chi connectivity index (χ1) is 9.08. The molecule has 0 saturated carbocycles. The maximum absolute atomic E-state index is 10.9. The highest BCUT2D eigenvalue weighted by molar-refractivity contribution is 5.85. The van der Waals surface area contributed by atoms with Gasteiger partial charge in [-0.05, 0) is 6.54 Å². The average Bonchev–Trinajstić information content (AvgIpc) is 2.73. The van der Waals surface area contributed by atoms with E-state index in [1.54, 1.807) is 0 Å². The summed E-state index contributed by atoms with van der Waals surface area (Å²) >= 11 is 0. The SMILES string of the molecule is COc1ncnc2c(C(CN)CC(=O)O)cn(C)c12. The molecule has 1 atom stereocenters. The third kappa shape index (κ3) is 2.37. The van der Waals surface area contributed by atoms with Gasteiger partial charge in [-0.2, -0.15) is 4.98 Å². The van der Waals surface area contributed by atoms with Gasteiger partial charge in [0.2, 0.25) is 5.88 Å². The first-order valence-corrected chi connectivity index (χ1v) is 5.84. The first kappa shape index (κ1) is 13.3. The number of rotatable bonds is 5. The van der Waals surface area contributed by atoms with Gasteiger partial charge in [0.15, 0.2) is 0 Å². The maximum atomic E-state index is 10.9. The molecule has 102 valence electrons. The van der Waals surface area contributed by atoms with Crippen LogP contribution in [0.1, 0.15) is 17.9 Å². The minimum Gasteiger partial charge on any atom is -0.481 e. The summed E-state index contributed by atoms with van der Waals surface area (Å²) in [5.74, 6) is -0.695. The number of nitrogens with two attached hydrogens (primary N) is 1. The molecule has 2 aromatic heterocycles. The lowest BCUT2D eigenvalue weighted by Crippen LogP contribution is -2.16. The second kappa shape index (κ2) is 5.23. The van der Waals surface area contributed by atoms with Crippen molar-refractivity contribution in [2.24, 2.45) is 12.8 Å². The van der Waals surface area contributed by atoms with Crippen LogP contribution in [0, 0.1) is 0 Å². The lowest BCUT2D eigenvalue weighted by atomic mass is 9.97. The van der Waals surface area contributed by atoms with Crippen molar-refractivity contribution < 1.29 is 14.6 Å². The van der Waals surface area contributed by atoms with Gasteiger partial charge >= 0.3 is 5.97 Å². The van der Waals surface area contributed by atoms with E-state index < -0.39 is 5.97 Å². The van der Waals surface area contributed by atoms with E-state index in [9.17, 15) is 4.79 Å². The lowest BCUT2D eigenvalue weighted by Gasteiger charge is -2.10. The molecule has 0 amide bonds. The van der Waals surface area contributed by atoms with Crippen molar-refractivity contribution in [2.75, 3.05) is 13.7 Å². The van der Waals surface area contributed by atoms with Gasteiger partial charge in [-0.15, -0.1) is 0 Å². The van der Waals surface area contributed by atoms with Gasteiger partial charge < -0.3 is 20.1 Å². The summed E-state index contributed by atoms with van der Waals surface area (Å²) in [5, 5.41) is 8.94. The minimum atomic E-state index is -0.881. The van der Waals surface area contributed by atoms with Crippen molar-refractivity contribution >= 4 is 17.0 Å². The molecule has 0 aromatic carbocycles. The molecule has 3 N–H and O–H groups in total. The highest BCUT2D eigenvalue weighted by atomic mass is 16.5. The Balaban J connectivity index is 2.58. The fourth-order valence-electron chi connectivity index (χ4n) is 2.21. The Morgan fingerprint density at radius 2 is 2.32 bits per heavy atom. The molecule has 0 aliphatic heterocycles. The topological polar surface area (TPSA) is 103 Å². The van der Waals surface area contributed by atoms with E-state index in [1.807, 2.05) is 17.8 Å². The molecular weight excluding hydrogens is 248 g/mol. The molecule has 2 heterocycles. The fraction of sp³-hybridized carbons (Fsp3) is 0.417. The molecule has 19 heavy (non-hydrogen) atoms. The Kier molecular flexibility index (Phi) is 3.66. The van der Waals surface area contributed by atoms with E-state index in [2.05, 4.69) is 9.97 Å². The summed E-state index contributed by atoms with van der Waals surface area (Å²) in [4.78, 5) is 19.2. The molecule has 0 aliphatic carbocycles. The normalized spacial score (nSPS) is 12.6. The minimum absolute atomic E-state index is 0.0259. The van der Waals surface area contributed by atoms with Gasteiger partial charge in [0.05, 0.1) is 19.0 Å². The number of aliphatic carboxylic acids is 1. The van der Waals surface area contributed by atoms with Crippen molar-refractivity contribution in [2.45, 2.75) is 12.3 Å². The Hall–Kier alpha value is -2.15. The van der Waals surface area contributed by atoms with Crippen LogP contribution in [0.3, 0.4) is 0 Å². The van der Waals surface area contributed by atoms with Crippen LogP contribution in [-0.4, -0.2) is 39.3 Å². The molecule has 0 spiro atoms. The lowest BCUT2D eigenvalue weighted by molar-refractivity contribution is -0.137. The van der Waals surface area contributed by atoms with Gasteiger partial charge in [0.25, 0.3) is 0 Å². The molecule has 0 fully saturated rings. The van der Waals surface area contributed by atoms with Crippen LogP contribution in [0.5, 0.6) is 5.88 Å². The van der Waals surface area contributed by atoms with Crippen LogP contribution in [0.25, 0.3) is 11.0 Å². The zero-order chi connectivity index (χ0) is 14.0. The molecule has 2 aromatic rings. The molecule has 0 radical (unpaired) electrons. The van der Waals surface area contributed by atoms with Crippen LogP contribution in [0.2, 0.25) is 0 Å². The van der Waals surface area contributed by atoms with E-state index in [0.717, 1.165) is 11.1 Å². The zero-order valence-corrected chi connectivity index (χ0v) is 10.8. The van der Waals surface area contributed by atoms with E-state index in [-0.39, 0.29) is 18.9 Å². The van der Waals surface area contributed by atoms with E-state index >= 15 is 0 Å². The second-order valence-corrected chi connectivity index (χ2v) is 4.31. The molecule has 0 aliphatic rings. The number of aromatic nitrogens is 3. The summed E-state index contributed by atoms with van der Waals surface area (Å²) in [5.41, 5.74) is 7.91. The van der Waals surface area contributed by atoms with Crippen molar-refractivity contribution in [3.05, 3.63) is 18.1 Å². The standard InChI is InChI=1S/C12H16N4O3/c1-16-5-8(7(4-13)3-9(17)18)10-11(16)12(19-2)15-6-14-10/h5-7H,3-4,13H2,1-2H3,(H,17,18). The number of carboxylic acid groups (broad SMARTS) is 1.